The lowest BCUT2D eigenvalue weighted by Gasteiger charge is -2.15. The van der Waals surface area contributed by atoms with Crippen molar-refractivity contribution in [3.8, 4) is 11.5 Å². The molecule has 0 bridgehead atoms. The van der Waals surface area contributed by atoms with E-state index in [9.17, 15) is 4.79 Å². The van der Waals surface area contributed by atoms with Crippen molar-refractivity contribution in [2.75, 3.05) is 6.79 Å². The fraction of sp³-hybridized carbons (Fsp3) is 0.261. The van der Waals surface area contributed by atoms with E-state index in [1.165, 1.54) is 5.56 Å². The third-order valence-electron chi connectivity index (χ3n) is 5.54. The van der Waals surface area contributed by atoms with E-state index < -0.39 is 5.41 Å². The second-order valence-corrected chi connectivity index (χ2v) is 7.41. The minimum atomic E-state index is -0.411. The fourth-order valence-electron chi connectivity index (χ4n) is 3.75. The lowest BCUT2D eigenvalue weighted by molar-refractivity contribution is -0.120. The second kappa shape index (κ2) is 6.75. The summed E-state index contributed by atoms with van der Waals surface area (Å²) < 4.78 is 10.8. The average Bonchev–Trinajstić information content (AvgIpc) is 3.41. The van der Waals surface area contributed by atoms with Crippen LogP contribution >= 0.6 is 0 Å². The quantitative estimate of drug-likeness (QED) is 0.661. The average molecular weight is 372 g/mol. The lowest BCUT2D eigenvalue weighted by atomic mass is 9.89. The van der Waals surface area contributed by atoms with Crippen LogP contribution in [0, 0.1) is 0 Å². The molecule has 0 amide bonds. The van der Waals surface area contributed by atoms with Crippen LogP contribution in [0.25, 0.3) is 0 Å². The number of rotatable bonds is 6. The molecule has 1 saturated carbocycles. The predicted octanol–water partition coefficient (Wildman–Crippen LogP) is 3.64. The SMILES string of the molecule is O=C(Cc1cnc(Cc2ccccc2)cn1)C1(c2ccc3c(c2)OCO3)CC1. The van der Waals surface area contributed by atoms with Crippen molar-refractivity contribution in [2.24, 2.45) is 0 Å². The molecule has 2 heterocycles. The lowest BCUT2D eigenvalue weighted by Crippen LogP contribution is -2.23. The van der Waals surface area contributed by atoms with E-state index in [1.54, 1.807) is 12.4 Å². The van der Waals surface area contributed by atoms with Gasteiger partial charge >= 0.3 is 0 Å². The highest BCUT2D eigenvalue weighted by Crippen LogP contribution is 2.51. The Morgan fingerprint density at radius 1 is 0.929 bits per heavy atom. The Kier molecular flexibility index (Phi) is 4.08. The number of Topliss-reactive ketones (excluding diaryl/α,β-unsaturated/α-hetero) is 1. The molecular weight excluding hydrogens is 352 g/mol. The number of hydrogen-bond donors (Lipinski definition) is 0. The zero-order chi connectivity index (χ0) is 19.0. The van der Waals surface area contributed by atoms with Crippen LogP contribution in [0.1, 0.15) is 35.4 Å². The summed E-state index contributed by atoms with van der Waals surface area (Å²) in [5, 5.41) is 0. The standard InChI is InChI=1S/C23H20N2O3/c26-22(23(8-9-23)17-6-7-20-21(11-17)28-15-27-20)12-19-14-24-18(13-25-19)10-16-4-2-1-3-5-16/h1-7,11,13-14H,8-10,12,15H2. The summed E-state index contributed by atoms with van der Waals surface area (Å²) in [7, 11) is 0. The van der Waals surface area contributed by atoms with Gasteiger partial charge in [0.2, 0.25) is 6.79 Å². The highest BCUT2D eigenvalue weighted by atomic mass is 16.7. The van der Waals surface area contributed by atoms with E-state index in [-0.39, 0.29) is 12.6 Å². The van der Waals surface area contributed by atoms with Crippen molar-refractivity contribution < 1.29 is 14.3 Å². The van der Waals surface area contributed by atoms with Crippen LogP contribution in [0.2, 0.25) is 0 Å². The molecule has 0 atom stereocenters. The number of ketones is 1. The number of nitrogens with zero attached hydrogens (tertiary/aromatic N) is 2. The highest BCUT2D eigenvalue weighted by molar-refractivity contribution is 5.94. The molecule has 5 heteroatoms. The number of benzene rings is 2. The third-order valence-corrected chi connectivity index (χ3v) is 5.54. The number of ether oxygens (including phenoxy) is 2. The summed E-state index contributed by atoms with van der Waals surface area (Å²) in [4.78, 5) is 22.0. The molecule has 0 radical (unpaired) electrons. The van der Waals surface area contributed by atoms with Gasteiger partial charge in [0.05, 0.1) is 23.2 Å². The van der Waals surface area contributed by atoms with Gasteiger partial charge in [-0.05, 0) is 36.1 Å². The smallest absolute Gasteiger partial charge is 0.231 e. The van der Waals surface area contributed by atoms with Crippen LogP contribution in [0.3, 0.4) is 0 Å². The minimum absolute atomic E-state index is 0.191. The first kappa shape index (κ1) is 16.9. The first-order valence-electron chi connectivity index (χ1n) is 9.50. The van der Waals surface area contributed by atoms with Crippen molar-refractivity contribution in [3.05, 3.63) is 83.4 Å². The van der Waals surface area contributed by atoms with Crippen LogP contribution in [-0.2, 0) is 23.1 Å². The molecule has 1 aromatic heterocycles. The molecule has 1 fully saturated rings. The Labute approximate surface area is 163 Å². The molecule has 2 aromatic carbocycles. The first-order valence-corrected chi connectivity index (χ1v) is 9.50. The molecule has 1 aliphatic carbocycles. The predicted molar refractivity (Wildman–Crippen MR) is 103 cm³/mol. The molecule has 3 aromatic rings. The summed E-state index contributed by atoms with van der Waals surface area (Å²) in [5.41, 5.74) is 3.41. The maximum absolute atomic E-state index is 13.0. The molecule has 140 valence electrons. The van der Waals surface area contributed by atoms with E-state index in [0.717, 1.165) is 42.0 Å². The largest absolute Gasteiger partial charge is 0.454 e. The molecule has 5 rings (SSSR count). The van der Waals surface area contributed by atoms with E-state index >= 15 is 0 Å². The van der Waals surface area contributed by atoms with Crippen LogP contribution in [0.4, 0.5) is 0 Å². The zero-order valence-electron chi connectivity index (χ0n) is 15.4. The van der Waals surface area contributed by atoms with Crippen LogP contribution in [0.5, 0.6) is 11.5 Å². The van der Waals surface area contributed by atoms with Gasteiger partial charge in [0.15, 0.2) is 11.5 Å². The molecular formula is C23H20N2O3. The monoisotopic (exact) mass is 372 g/mol. The van der Waals surface area contributed by atoms with Crippen molar-refractivity contribution in [1.82, 2.24) is 9.97 Å². The maximum atomic E-state index is 13.0. The van der Waals surface area contributed by atoms with Gasteiger partial charge in [-0.15, -0.1) is 0 Å². The van der Waals surface area contributed by atoms with Gasteiger partial charge in [0, 0.05) is 18.8 Å². The minimum Gasteiger partial charge on any atom is -0.454 e. The first-order chi connectivity index (χ1) is 13.7. The van der Waals surface area contributed by atoms with Gasteiger partial charge in [-0.1, -0.05) is 36.4 Å². The molecule has 1 aliphatic heterocycles. The van der Waals surface area contributed by atoms with E-state index in [4.69, 9.17) is 9.47 Å². The van der Waals surface area contributed by atoms with Crippen LogP contribution < -0.4 is 9.47 Å². The van der Waals surface area contributed by atoms with Gasteiger partial charge in [-0.3, -0.25) is 14.8 Å². The van der Waals surface area contributed by atoms with Gasteiger partial charge in [-0.25, -0.2) is 0 Å². The summed E-state index contributed by atoms with van der Waals surface area (Å²) >= 11 is 0. The summed E-state index contributed by atoms with van der Waals surface area (Å²) in [6.07, 6.45) is 6.27. The zero-order valence-corrected chi connectivity index (χ0v) is 15.4. The van der Waals surface area contributed by atoms with Crippen molar-refractivity contribution in [3.63, 3.8) is 0 Å². The fourth-order valence-corrected chi connectivity index (χ4v) is 3.75. The maximum Gasteiger partial charge on any atom is 0.231 e. The van der Waals surface area contributed by atoms with Gasteiger partial charge in [-0.2, -0.15) is 0 Å². The van der Waals surface area contributed by atoms with Gasteiger partial charge in [0.1, 0.15) is 5.78 Å². The Balaban J connectivity index is 1.29. The number of fused-ring (bicyclic) bond motifs is 1. The molecule has 28 heavy (non-hydrogen) atoms. The number of carbonyl (C=O) groups is 1. The van der Waals surface area contributed by atoms with E-state index in [0.29, 0.717) is 12.1 Å². The highest BCUT2D eigenvalue weighted by Gasteiger charge is 2.50. The topological polar surface area (TPSA) is 61.3 Å². The van der Waals surface area contributed by atoms with Gasteiger partial charge < -0.3 is 9.47 Å². The Bertz CT molecular complexity index is 1010. The normalized spacial score (nSPS) is 16.0. The number of hydrogen-bond acceptors (Lipinski definition) is 5. The van der Waals surface area contributed by atoms with Crippen molar-refractivity contribution >= 4 is 5.78 Å². The molecule has 5 nitrogen and oxygen atoms in total. The van der Waals surface area contributed by atoms with Crippen LogP contribution in [-0.4, -0.2) is 22.5 Å². The van der Waals surface area contributed by atoms with Crippen LogP contribution in [0.15, 0.2) is 60.9 Å². The molecule has 2 aliphatic rings. The summed E-state index contributed by atoms with van der Waals surface area (Å²) in [6, 6.07) is 16.0. The van der Waals surface area contributed by atoms with E-state index in [2.05, 4.69) is 22.1 Å². The number of carbonyl (C=O) groups excluding carboxylic acids is 1. The molecule has 0 saturated heterocycles. The molecule has 0 N–H and O–H groups in total. The van der Waals surface area contributed by atoms with Crippen molar-refractivity contribution in [1.29, 1.82) is 0 Å². The Hall–Kier alpha value is -3.21. The Morgan fingerprint density at radius 3 is 2.43 bits per heavy atom. The van der Waals surface area contributed by atoms with Gasteiger partial charge in [0.25, 0.3) is 0 Å². The third kappa shape index (κ3) is 3.13. The van der Waals surface area contributed by atoms with Crippen molar-refractivity contribution in [2.45, 2.75) is 31.1 Å². The Morgan fingerprint density at radius 2 is 1.68 bits per heavy atom. The second-order valence-electron chi connectivity index (χ2n) is 7.41. The summed E-state index contributed by atoms with van der Waals surface area (Å²) in [6.45, 7) is 0.241. The van der Waals surface area contributed by atoms with E-state index in [1.807, 2.05) is 36.4 Å². The summed E-state index contributed by atoms with van der Waals surface area (Å²) in [5.74, 6) is 1.66. The molecule has 0 spiro atoms. The number of aromatic nitrogens is 2. The molecule has 0 unspecified atom stereocenters.